The summed E-state index contributed by atoms with van der Waals surface area (Å²) in [7, 11) is 1.67. The number of hydrogen-bond donors (Lipinski definition) is 0. The van der Waals surface area contributed by atoms with Crippen LogP contribution >= 0.6 is 0 Å². The molecule has 30 heavy (non-hydrogen) atoms. The molecule has 4 aromatic carbocycles. The van der Waals surface area contributed by atoms with Crippen LogP contribution in [0, 0.1) is 0 Å². The largest absolute Gasteiger partial charge is 0.497 e. The fraction of sp³-hybridized carbons (Fsp3) is 0.0400. The van der Waals surface area contributed by atoms with Crippen LogP contribution in [0.5, 0.6) is 40.2 Å². The van der Waals surface area contributed by atoms with Crippen molar-refractivity contribution in [2.45, 2.75) is 0 Å². The maximum atomic E-state index is 6.50. The molecule has 3 aliphatic rings. The van der Waals surface area contributed by atoms with Crippen LogP contribution in [-0.2, 0) is 0 Å². The molecule has 0 spiro atoms. The van der Waals surface area contributed by atoms with Crippen molar-refractivity contribution in [2.75, 3.05) is 7.11 Å². The Kier molecular flexibility index (Phi) is 2.99. The maximum absolute atomic E-state index is 6.50. The lowest BCUT2D eigenvalue weighted by Gasteiger charge is -2.38. The van der Waals surface area contributed by atoms with Gasteiger partial charge in [0.15, 0.2) is 0 Å². The lowest BCUT2D eigenvalue weighted by atomic mass is 9.33. The summed E-state index contributed by atoms with van der Waals surface area (Å²) >= 11 is 0. The third-order valence-corrected chi connectivity index (χ3v) is 6.13. The monoisotopic (exact) mass is 390 g/mol. The van der Waals surface area contributed by atoms with Gasteiger partial charge in [0.25, 0.3) is 6.71 Å². The van der Waals surface area contributed by atoms with Crippen molar-refractivity contribution in [2.24, 2.45) is 0 Å². The van der Waals surface area contributed by atoms with Crippen LogP contribution in [0.25, 0.3) is 11.1 Å². The average Bonchev–Trinajstić information content (AvgIpc) is 2.79. The first-order valence-corrected chi connectivity index (χ1v) is 9.92. The zero-order valence-electron chi connectivity index (χ0n) is 16.1. The number of ether oxygens (including phenoxy) is 4. The van der Waals surface area contributed by atoms with E-state index in [4.69, 9.17) is 18.9 Å². The topological polar surface area (TPSA) is 36.9 Å². The molecule has 3 aliphatic heterocycles. The van der Waals surface area contributed by atoms with E-state index in [0.717, 1.165) is 67.8 Å². The van der Waals surface area contributed by atoms with Gasteiger partial charge in [-0.1, -0.05) is 24.3 Å². The molecule has 0 saturated heterocycles. The highest BCUT2D eigenvalue weighted by Crippen LogP contribution is 2.44. The highest BCUT2D eigenvalue weighted by Gasteiger charge is 2.46. The highest BCUT2D eigenvalue weighted by molar-refractivity contribution is 6.99. The summed E-state index contributed by atoms with van der Waals surface area (Å²) in [5.41, 5.74) is 5.30. The third-order valence-electron chi connectivity index (χ3n) is 6.13. The molecule has 0 atom stereocenters. The van der Waals surface area contributed by atoms with Crippen molar-refractivity contribution in [1.82, 2.24) is 0 Å². The number of rotatable bonds is 2. The molecular weight excluding hydrogens is 375 g/mol. The second-order valence-electron chi connectivity index (χ2n) is 7.66. The van der Waals surface area contributed by atoms with E-state index < -0.39 is 0 Å². The Morgan fingerprint density at radius 2 is 1.17 bits per heavy atom. The second kappa shape index (κ2) is 5.60. The predicted octanol–water partition coefficient (Wildman–Crippen LogP) is 4.20. The van der Waals surface area contributed by atoms with Crippen molar-refractivity contribution in [3.8, 4) is 51.4 Å². The first-order valence-electron chi connectivity index (χ1n) is 9.92. The summed E-state index contributed by atoms with van der Waals surface area (Å²) in [6.45, 7) is 0.0295. The standard InChI is InChI=1S/C25H15BO4/c1-27-15-10-8-14(9-11-15)16-12-13-21-24-25(16)30-20-7-3-6-19-23(20)26(24)22-17(28-19)4-2-5-18(22)29-21/h2-13H,1H3. The summed E-state index contributed by atoms with van der Waals surface area (Å²) < 4.78 is 24.3. The van der Waals surface area contributed by atoms with Crippen LogP contribution in [0.3, 0.4) is 0 Å². The van der Waals surface area contributed by atoms with E-state index in [-0.39, 0.29) is 6.71 Å². The molecule has 0 aliphatic carbocycles. The van der Waals surface area contributed by atoms with E-state index in [1.165, 1.54) is 0 Å². The van der Waals surface area contributed by atoms with E-state index in [2.05, 4.69) is 18.2 Å². The molecular formula is C25H15BO4. The van der Waals surface area contributed by atoms with Crippen LogP contribution < -0.4 is 35.3 Å². The molecule has 0 radical (unpaired) electrons. The van der Waals surface area contributed by atoms with E-state index in [1.54, 1.807) is 7.11 Å². The molecule has 0 N–H and O–H groups in total. The van der Waals surface area contributed by atoms with Gasteiger partial charge in [0, 0.05) is 22.0 Å². The van der Waals surface area contributed by atoms with E-state index in [0.29, 0.717) is 0 Å². The molecule has 7 rings (SSSR count). The summed E-state index contributed by atoms with van der Waals surface area (Å²) in [6.07, 6.45) is 0. The minimum atomic E-state index is 0.0295. The quantitative estimate of drug-likeness (QED) is 0.415. The lowest BCUT2D eigenvalue weighted by Crippen LogP contribution is -2.59. The number of benzene rings is 4. The zero-order chi connectivity index (χ0) is 19.8. The van der Waals surface area contributed by atoms with Crippen molar-refractivity contribution in [3.63, 3.8) is 0 Å². The SMILES string of the molecule is COc1ccc(-c2ccc3c4c2Oc2cccc5c2B4c2c(cccc2O3)O5)cc1. The number of methoxy groups -OCH3 is 1. The van der Waals surface area contributed by atoms with Gasteiger partial charge in [-0.25, -0.2) is 0 Å². The average molecular weight is 390 g/mol. The maximum Gasteiger partial charge on any atom is 0.270 e. The molecule has 4 aromatic rings. The van der Waals surface area contributed by atoms with Crippen LogP contribution in [0.1, 0.15) is 0 Å². The lowest BCUT2D eigenvalue weighted by molar-refractivity contribution is 0.415. The van der Waals surface area contributed by atoms with Gasteiger partial charge in [0.1, 0.15) is 40.2 Å². The van der Waals surface area contributed by atoms with Gasteiger partial charge < -0.3 is 18.9 Å². The van der Waals surface area contributed by atoms with Gasteiger partial charge >= 0.3 is 0 Å². The molecule has 0 aromatic heterocycles. The van der Waals surface area contributed by atoms with E-state index >= 15 is 0 Å². The molecule has 5 heteroatoms. The highest BCUT2D eigenvalue weighted by atomic mass is 16.5. The zero-order valence-corrected chi connectivity index (χ0v) is 16.1. The van der Waals surface area contributed by atoms with Crippen molar-refractivity contribution >= 4 is 23.1 Å². The van der Waals surface area contributed by atoms with Gasteiger partial charge in [-0.05, 0) is 54.1 Å². The first kappa shape index (κ1) is 16.0. The minimum Gasteiger partial charge on any atom is -0.497 e. The Morgan fingerprint density at radius 1 is 0.600 bits per heavy atom. The van der Waals surface area contributed by atoms with Crippen LogP contribution in [0.2, 0.25) is 0 Å². The third kappa shape index (κ3) is 1.96. The van der Waals surface area contributed by atoms with Gasteiger partial charge in [0.2, 0.25) is 0 Å². The fourth-order valence-electron chi connectivity index (χ4n) is 4.80. The van der Waals surface area contributed by atoms with Crippen LogP contribution in [0.4, 0.5) is 0 Å². The Morgan fingerprint density at radius 3 is 1.77 bits per heavy atom. The van der Waals surface area contributed by atoms with Crippen molar-refractivity contribution in [1.29, 1.82) is 0 Å². The normalized spacial score (nSPS) is 13.6. The summed E-state index contributed by atoms with van der Waals surface area (Å²) in [6, 6.07) is 24.1. The fourth-order valence-corrected chi connectivity index (χ4v) is 4.80. The second-order valence-corrected chi connectivity index (χ2v) is 7.66. The van der Waals surface area contributed by atoms with E-state index in [1.807, 2.05) is 54.6 Å². The first-order chi connectivity index (χ1) is 14.8. The molecule has 0 bridgehead atoms. The molecule has 142 valence electrons. The summed E-state index contributed by atoms with van der Waals surface area (Å²) in [5, 5.41) is 0. The van der Waals surface area contributed by atoms with Gasteiger partial charge in [-0.2, -0.15) is 0 Å². The molecule has 0 amide bonds. The van der Waals surface area contributed by atoms with Crippen LogP contribution in [0.15, 0.2) is 72.8 Å². The minimum absolute atomic E-state index is 0.0295. The molecule has 0 saturated carbocycles. The molecule has 0 fully saturated rings. The Bertz CT molecular complexity index is 1330. The Hall–Kier alpha value is -3.86. The Balaban J connectivity index is 1.53. The van der Waals surface area contributed by atoms with E-state index in [9.17, 15) is 0 Å². The van der Waals surface area contributed by atoms with Crippen LogP contribution in [-0.4, -0.2) is 13.8 Å². The van der Waals surface area contributed by atoms with Crippen molar-refractivity contribution < 1.29 is 18.9 Å². The molecule has 4 nitrogen and oxygen atoms in total. The van der Waals surface area contributed by atoms with Crippen molar-refractivity contribution in [3.05, 3.63) is 72.8 Å². The molecule has 0 unspecified atom stereocenters. The van der Waals surface area contributed by atoms with Gasteiger partial charge in [0.05, 0.1) is 7.11 Å². The molecule has 3 heterocycles. The predicted molar refractivity (Wildman–Crippen MR) is 116 cm³/mol. The van der Waals surface area contributed by atoms with Gasteiger partial charge in [-0.15, -0.1) is 0 Å². The smallest absolute Gasteiger partial charge is 0.270 e. The Labute approximate surface area is 173 Å². The summed E-state index contributed by atoms with van der Waals surface area (Å²) in [4.78, 5) is 0. The summed E-state index contributed by atoms with van der Waals surface area (Å²) in [5.74, 6) is 5.86. The van der Waals surface area contributed by atoms with Gasteiger partial charge in [-0.3, -0.25) is 0 Å². The number of hydrogen-bond acceptors (Lipinski definition) is 4.